The molecule has 0 aliphatic rings. The summed E-state index contributed by atoms with van der Waals surface area (Å²) >= 11 is 0. The average Bonchev–Trinajstić information content (AvgIpc) is 3.19. The quantitative estimate of drug-likeness (QED) is 0.238. The van der Waals surface area contributed by atoms with Crippen LogP contribution < -0.4 is 0 Å². The first-order chi connectivity index (χ1) is 16.4. The molecule has 0 unspecified atom stereocenters. The highest BCUT2D eigenvalue weighted by Gasteiger charge is 2.24. The molecule has 5 aromatic rings. The van der Waals surface area contributed by atoms with Gasteiger partial charge in [0, 0.05) is 10.9 Å². The van der Waals surface area contributed by atoms with Gasteiger partial charge in [-0.05, 0) is 47.6 Å². The van der Waals surface area contributed by atoms with Crippen LogP contribution in [0.4, 0.5) is 0 Å². The Balaban J connectivity index is 1.63. The predicted molar refractivity (Wildman–Crippen MR) is 136 cm³/mol. The molecule has 0 aliphatic heterocycles. The van der Waals surface area contributed by atoms with Gasteiger partial charge in [0.25, 0.3) is 0 Å². The number of aryl methyl sites for hydroxylation is 2. The first kappa shape index (κ1) is 21.0. The van der Waals surface area contributed by atoms with Crippen LogP contribution in [0.2, 0.25) is 0 Å². The number of carbonyl (C=O) groups is 1. The van der Waals surface area contributed by atoms with Gasteiger partial charge in [-0.2, -0.15) is 0 Å². The number of benzene rings is 4. The highest BCUT2D eigenvalue weighted by molar-refractivity contribution is 5.93. The van der Waals surface area contributed by atoms with Gasteiger partial charge in [-0.1, -0.05) is 109 Å². The SMILES string of the molecule is O=Cc1c(CCCc2ccccc2)c2ccccc2n1C(c1ccccc1)c1ccccc1. The minimum Gasteiger partial charge on any atom is -0.326 e. The van der Waals surface area contributed by atoms with Crippen LogP contribution in [0, 0.1) is 0 Å². The molecule has 1 aromatic heterocycles. The zero-order chi connectivity index (χ0) is 22.5. The molecule has 0 N–H and O–H groups in total. The zero-order valence-corrected chi connectivity index (χ0v) is 18.6. The predicted octanol–water partition coefficient (Wildman–Crippen LogP) is 7.27. The van der Waals surface area contributed by atoms with E-state index >= 15 is 0 Å². The van der Waals surface area contributed by atoms with E-state index in [1.807, 2.05) is 12.1 Å². The molecule has 0 spiro atoms. The Morgan fingerprint density at radius 1 is 0.636 bits per heavy atom. The molecule has 0 bridgehead atoms. The van der Waals surface area contributed by atoms with Gasteiger partial charge < -0.3 is 4.57 Å². The van der Waals surface area contributed by atoms with E-state index in [9.17, 15) is 4.79 Å². The summed E-state index contributed by atoms with van der Waals surface area (Å²) in [6, 6.07) is 39.9. The third-order valence-electron chi connectivity index (χ3n) is 6.39. The van der Waals surface area contributed by atoms with Crippen molar-refractivity contribution in [2.24, 2.45) is 0 Å². The molecule has 2 nitrogen and oxygen atoms in total. The maximum atomic E-state index is 12.6. The van der Waals surface area contributed by atoms with E-state index in [2.05, 4.69) is 108 Å². The van der Waals surface area contributed by atoms with Gasteiger partial charge >= 0.3 is 0 Å². The Hall–Kier alpha value is -3.91. The molecule has 0 aliphatic carbocycles. The summed E-state index contributed by atoms with van der Waals surface area (Å²) in [5, 5.41) is 1.17. The lowest BCUT2D eigenvalue weighted by Gasteiger charge is -2.23. The second-order valence-corrected chi connectivity index (χ2v) is 8.43. The molecule has 162 valence electrons. The maximum absolute atomic E-state index is 12.6. The third kappa shape index (κ3) is 4.25. The number of para-hydroxylation sites is 1. The van der Waals surface area contributed by atoms with Crippen LogP contribution >= 0.6 is 0 Å². The van der Waals surface area contributed by atoms with Crippen molar-refractivity contribution in [3.05, 3.63) is 143 Å². The van der Waals surface area contributed by atoms with Crippen molar-refractivity contribution in [1.82, 2.24) is 4.57 Å². The van der Waals surface area contributed by atoms with Crippen LogP contribution in [0.3, 0.4) is 0 Å². The number of nitrogens with zero attached hydrogens (tertiary/aromatic N) is 1. The van der Waals surface area contributed by atoms with E-state index in [1.54, 1.807) is 0 Å². The first-order valence-corrected chi connectivity index (χ1v) is 11.6. The molecule has 0 fully saturated rings. The maximum Gasteiger partial charge on any atom is 0.166 e. The molecular weight excluding hydrogens is 402 g/mol. The number of aldehydes is 1. The van der Waals surface area contributed by atoms with Crippen molar-refractivity contribution in [3.8, 4) is 0 Å². The first-order valence-electron chi connectivity index (χ1n) is 11.6. The van der Waals surface area contributed by atoms with Crippen molar-refractivity contribution in [3.63, 3.8) is 0 Å². The lowest BCUT2D eigenvalue weighted by Crippen LogP contribution is -2.15. The Morgan fingerprint density at radius 2 is 1.18 bits per heavy atom. The summed E-state index contributed by atoms with van der Waals surface area (Å²) in [5.41, 5.74) is 6.70. The van der Waals surface area contributed by atoms with Crippen LogP contribution in [-0.4, -0.2) is 10.9 Å². The number of fused-ring (bicyclic) bond motifs is 1. The van der Waals surface area contributed by atoms with Crippen LogP contribution in [0.15, 0.2) is 115 Å². The minimum absolute atomic E-state index is 0.0691. The van der Waals surface area contributed by atoms with Crippen LogP contribution in [0.1, 0.15) is 45.2 Å². The summed E-state index contributed by atoms with van der Waals surface area (Å²) in [6.07, 6.45) is 3.92. The molecule has 4 aromatic carbocycles. The lowest BCUT2D eigenvalue weighted by atomic mass is 9.98. The van der Waals surface area contributed by atoms with E-state index in [0.29, 0.717) is 0 Å². The highest BCUT2D eigenvalue weighted by atomic mass is 16.1. The second-order valence-electron chi connectivity index (χ2n) is 8.43. The van der Waals surface area contributed by atoms with Gasteiger partial charge in [-0.25, -0.2) is 0 Å². The van der Waals surface area contributed by atoms with Gasteiger partial charge in [0.2, 0.25) is 0 Å². The fourth-order valence-corrected chi connectivity index (χ4v) is 4.90. The molecular formula is C31H27NO. The Morgan fingerprint density at radius 3 is 1.79 bits per heavy atom. The third-order valence-corrected chi connectivity index (χ3v) is 6.39. The number of hydrogen-bond acceptors (Lipinski definition) is 1. The number of rotatable bonds is 8. The smallest absolute Gasteiger partial charge is 0.166 e. The largest absolute Gasteiger partial charge is 0.326 e. The van der Waals surface area contributed by atoms with Crippen LogP contribution in [0.5, 0.6) is 0 Å². The molecule has 0 amide bonds. The van der Waals surface area contributed by atoms with E-state index in [-0.39, 0.29) is 6.04 Å². The monoisotopic (exact) mass is 429 g/mol. The van der Waals surface area contributed by atoms with Gasteiger partial charge in [0.05, 0.1) is 11.7 Å². The molecule has 0 atom stereocenters. The molecule has 1 heterocycles. The van der Waals surface area contributed by atoms with Crippen molar-refractivity contribution in [1.29, 1.82) is 0 Å². The van der Waals surface area contributed by atoms with Crippen molar-refractivity contribution in [2.75, 3.05) is 0 Å². The standard InChI is InChI=1S/C31H27NO/c33-23-30-28(21-12-15-24-13-4-1-5-14-24)27-20-10-11-22-29(27)32(30)31(25-16-6-2-7-17-25)26-18-8-3-9-19-26/h1-11,13-14,16-20,22-23,31H,12,15,21H2. The molecule has 0 saturated heterocycles. The van der Waals surface area contributed by atoms with Crippen molar-refractivity contribution < 1.29 is 4.79 Å². The van der Waals surface area contributed by atoms with Gasteiger partial charge in [0.1, 0.15) is 0 Å². The van der Waals surface area contributed by atoms with Crippen LogP contribution in [0.25, 0.3) is 10.9 Å². The summed E-state index contributed by atoms with van der Waals surface area (Å²) in [4.78, 5) is 12.6. The van der Waals surface area contributed by atoms with Crippen LogP contribution in [-0.2, 0) is 12.8 Å². The van der Waals surface area contributed by atoms with Crippen molar-refractivity contribution >= 4 is 17.2 Å². The lowest BCUT2D eigenvalue weighted by molar-refractivity contribution is 0.111. The van der Waals surface area contributed by atoms with Gasteiger partial charge in [0.15, 0.2) is 6.29 Å². The average molecular weight is 430 g/mol. The topological polar surface area (TPSA) is 22.0 Å². The van der Waals surface area contributed by atoms with E-state index < -0.39 is 0 Å². The van der Waals surface area contributed by atoms with Crippen molar-refractivity contribution in [2.45, 2.75) is 25.3 Å². The number of aromatic nitrogens is 1. The Bertz CT molecular complexity index is 1300. The summed E-state index contributed by atoms with van der Waals surface area (Å²) < 4.78 is 2.24. The molecule has 5 rings (SSSR count). The van der Waals surface area contributed by atoms with E-state index in [1.165, 1.54) is 22.1 Å². The minimum atomic E-state index is -0.0691. The van der Waals surface area contributed by atoms with E-state index in [0.717, 1.165) is 42.3 Å². The van der Waals surface area contributed by atoms with E-state index in [4.69, 9.17) is 0 Å². The fraction of sp³-hybridized carbons (Fsp3) is 0.129. The normalized spacial score (nSPS) is 11.2. The number of hydrogen-bond donors (Lipinski definition) is 0. The molecule has 0 radical (unpaired) electrons. The fourth-order valence-electron chi connectivity index (χ4n) is 4.90. The summed E-state index contributed by atoms with van der Waals surface area (Å²) in [5.74, 6) is 0. The number of carbonyl (C=O) groups excluding carboxylic acids is 1. The van der Waals surface area contributed by atoms with Gasteiger partial charge in [-0.3, -0.25) is 4.79 Å². The Labute approximate surface area is 195 Å². The Kier molecular flexibility index (Phi) is 6.16. The van der Waals surface area contributed by atoms with Gasteiger partial charge in [-0.15, -0.1) is 0 Å². The zero-order valence-electron chi connectivity index (χ0n) is 18.6. The highest BCUT2D eigenvalue weighted by Crippen LogP contribution is 2.36. The second kappa shape index (κ2) is 9.70. The molecule has 33 heavy (non-hydrogen) atoms. The summed E-state index contributed by atoms with van der Waals surface area (Å²) in [6.45, 7) is 0. The molecule has 2 heteroatoms. The summed E-state index contributed by atoms with van der Waals surface area (Å²) in [7, 11) is 0. The molecule has 0 saturated carbocycles.